The molecule has 0 amide bonds. The summed E-state index contributed by atoms with van der Waals surface area (Å²) in [5, 5.41) is 7.46. The van der Waals surface area contributed by atoms with Crippen LogP contribution in [0.2, 0.25) is 0 Å². The highest BCUT2D eigenvalue weighted by Gasteiger charge is 2.17. The Balaban J connectivity index is 1.62. The van der Waals surface area contributed by atoms with Gasteiger partial charge in [0.15, 0.2) is 5.82 Å². The molecule has 0 aliphatic carbocycles. The van der Waals surface area contributed by atoms with Crippen LogP contribution in [0.15, 0.2) is 22.7 Å². The molecule has 1 aliphatic rings. The Labute approximate surface area is 124 Å². The first-order valence-electron chi connectivity index (χ1n) is 7.39. The average Bonchev–Trinajstić information content (AvgIpc) is 2.91. The second kappa shape index (κ2) is 6.37. The van der Waals surface area contributed by atoms with Gasteiger partial charge in [0.2, 0.25) is 5.89 Å². The van der Waals surface area contributed by atoms with Gasteiger partial charge in [-0.1, -0.05) is 23.4 Å². The van der Waals surface area contributed by atoms with Crippen molar-refractivity contribution in [2.75, 3.05) is 19.8 Å². The fourth-order valence-corrected chi connectivity index (χ4v) is 2.50. The van der Waals surface area contributed by atoms with Gasteiger partial charge in [-0.15, -0.1) is 0 Å². The molecule has 1 unspecified atom stereocenters. The van der Waals surface area contributed by atoms with Gasteiger partial charge in [0.25, 0.3) is 0 Å². The molecule has 1 aromatic carbocycles. The summed E-state index contributed by atoms with van der Waals surface area (Å²) in [6.45, 7) is 6.60. The lowest BCUT2D eigenvalue weighted by Gasteiger charge is -2.22. The summed E-state index contributed by atoms with van der Waals surface area (Å²) >= 11 is 0. The Kier molecular flexibility index (Phi) is 4.31. The molecule has 21 heavy (non-hydrogen) atoms. The third-order valence-electron chi connectivity index (χ3n) is 3.86. The molecule has 1 fully saturated rings. The molecule has 0 spiro atoms. The third-order valence-corrected chi connectivity index (χ3v) is 3.86. The maximum absolute atomic E-state index is 5.43. The fraction of sp³-hybridized carbons (Fsp3) is 0.500. The van der Waals surface area contributed by atoms with Gasteiger partial charge in [0, 0.05) is 25.4 Å². The van der Waals surface area contributed by atoms with Crippen molar-refractivity contribution in [2.24, 2.45) is 0 Å². The van der Waals surface area contributed by atoms with Crippen molar-refractivity contribution in [3.05, 3.63) is 46.6 Å². The molecular formula is C16H21N3O2. The van der Waals surface area contributed by atoms with Crippen molar-refractivity contribution in [2.45, 2.75) is 32.7 Å². The molecule has 0 bridgehead atoms. The minimum absolute atomic E-state index is 0.272. The van der Waals surface area contributed by atoms with E-state index in [0.29, 0.717) is 18.9 Å². The van der Waals surface area contributed by atoms with E-state index in [4.69, 9.17) is 9.26 Å². The zero-order chi connectivity index (χ0) is 14.7. The van der Waals surface area contributed by atoms with E-state index in [1.807, 2.05) is 0 Å². The van der Waals surface area contributed by atoms with Gasteiger partial charge in [0.1, 0.15) is 0 Å². The lowest BCUT2D eigenvalue weighted by atomic mass is 10.0. The zero-order valence-electron chi connectivity index (χ0n) is 12.6. The first-order valence-corrected chi connectivity index (χ1v) is 7.39. The topological polar surface area (TPSA) is 60.2 Å². The monoisotopic (exact) mass is 287 g/mol. The van der Waals surface area contributed by atoms with Crippen molar-refractivity contribution >= 4 is 0 Å². The van der Waals surface area contributed by atoms with Crippen LogP contribution in [0.4, 0.5) is 0 Å². The number of ether oxygens (including phenoxy) is 1. The second-order valence-corrected chi connectivity index (χ2v) is 5.63. The summed E-state index contributed by atoms with van der Waals surface area (Å²) in [4.78, 5) is 4.48. The Morgan fingerprint density at radius 1 is 1.29 bits per heavy atom. The number of nitrogens with one attached hydrogen (secondary N) is 1. The summed E-state index contributed by atoms with van der Waals surface area (Å²) in [5.74, 6) is 1.42. The molecular weight excluding hydrogens is 266 g/mol. The maximum atomic E-state index is 5.43. The van der Waals surface area contributed by atoms with E-state index < -0.39 is 0 Å². The average molecular weight is 287 g/mol. The highest BCUT2D eigenvalue weighted by molar-refractivity contribution is 5.31. The SMILES string of the molecule is Cc1ccc(Cc2noc(CC3COCCN3)n2)cc1C. The normalized spacial score (nSPS) is 18.9. The van der Waals surface area contributed by atoms with Crippen LogP contribution in [-0.4, -0.2) is 35.9 Å². The van der Waals surface area contributed by atoms with E-state index in [2.05, 4.69) is 47.5 Å². The molecule has 1 atom stereocenters. The first kappa shape index (κ1) is 14.2. The van der Waals surface area contributed by atoms with Crippen molar-refractivity contribution < 1.29 is 9.26 Å². The zero-order valence-corrected chi connectivity index (χ0v) is 12.6. The molecule has 5 nitrogen and oxygen atoms in total. The van der Waals surface area contributed by atoms with Crippen LogP contribution in [0.5, 0.6) is 0 Å². The van der Waals surface area contributed by atoms with E-state index in [1.54, 1.807) is 0 Å². The lowest BCUT2D eigenvalue weighted by molar-refractivity contribution is 0.0744. The minimum Gasteiger partial charge on any atom is -0.378 e. The van der Waals surface area contributed by atoms with Crippen LogP contribution >= 0.6 is 0 Å². The van der Waals surface area contributed by atoms with Gasteiger partial charge in [0.05, 0.1) is 13.2 Å². The highest BCUT2D eigenvalue weighted by atomic mass is 16.5. The smallest absolute Gasteiger partial charge is 0.228 e. The first-order chi connectivity index (χ1) is 10.2. The van der Waals surface area contributed by atoms with Crippen LogP contribution in [0.25, 0.3) is 0 Å². The molecule has 112 valence electrons. The number of nitrogens with zero attached hydrogens (tertiary/aromatic N) is 2. The van der Waals surface area contributed by atoms with E-state index in [9.17, 15) is 0 Å². The van der Waals surface area contributed by atoms with E-state index in [0.717, 1.165) is 25.4 Å². The Bertz CT molecular complexity index is 603. The molecule has 1 aliphatic heterocycles. The van der Waals surface area contributed by atoms with Gasteiger partial charge in [-0.25, -0.2) is 0 Å². The molecule has 1 aromatic heterocycles. The number of morpholine rings is 1. The molecule has 3 rings (SSSR count). The third kappa shape index (κ3) is 3.68. The number of hydrogen-bond donors (Lipinski definition) is 1. The predicted octanol–water partition coefficient (Wildman–Crippen LogP) is 1.81. The number of rotatable bonds is 4. The lowest BCUT2D eigenvalue weighted by Crippen LogP contribution is -2.42. The summed E-state index contributed by atoms with van der Waals surface area (Å²) in [6.07, 6.45) is 1.43. The predicted molar refractivity (Wildman–Crippen MR) is 79.3 cm³/mol. The summed E-state index contributed by atoms with van der Waals surface area (Å²) in [7, 11) is 0. The summed E-state index contributed by atoms with van der Waals surface area (Å²) in [6, 6.07) is 6.71. The van der Waals surface area contributed by atoms with Gasteiger partial charge in [-0.3, -0.25) is 0 Å². The van der Waals surface area contributed by atoms with Gasteiger partial charge >= 0.3 is 0 Å². The Morgan fingerprint density at radius 3 is 2.95 bits per heavy atom. The molecule has 0 radical (unpaired) electrons. The van der Waals surface area contributed by atoms with Crippen LogP contribution < -0.4 is 5.32 Å². The van der Waals surface area contributed by atoms with Crippen LogP contribution in [0.1, 0.15) is 28.4 Å². The molecule has 2 heterocycles. The van der Waals surface area contributed by atoms with E-state index in [-0.39, 0.29) is 6.04 Å². The number of aromatic nitrogens is 2. The molecule has 5 heteroatoms. The number of hydrogen-bond acceptors (Lipinski definition) is 5. The molecule has 0 saturated carbocycles. The van der Waals surface area contributed by atoms with Crippen molar-refractivity contribution in [3.63, 3.8) is 0 Å². The van der Waals surface area contributed by atoms with Crippen molar-refractivity contribution in [1.82, 2.24) is 15.5 Å². The van der Waals surface area contributed by atoms with Gasteiger partial charge in [-0.2, -0.15) is 4.98 Å². The van der Waals surface area contributed by atoms with Crippen LogP contribution in [-0.2, 0) is 17.6 Å². The highest BCUT2D eigenvalue weighted by Crippen LogP contribution is 2.13. The quantitative estimate of drug-likeness (QED) is 0.929. The Morgan fingerprint density at radius 2 is 2.19 bits per heavy atom. The van der Waals surface area contributed by atoms with Gasteiger partial charge < -0.3 is 14.6 Å². The van der Waals surface area contributed by atoms with Gasteiger partial charge in [-0.05, 0) is 30.5 Å². The van der Waals surface area contributed by atoms with Crippen molar-refractivity contribution in [3.8, 4) is 0 Å². The van der Waals surface area contributed by atoms with Crippen molar-refractivity contribution in [1.29, 1.82) is 0 Å². The Hall–Kier alpha value is -1.72. The summed E-state index contributed by atoms with van der Waals surface area (Å²) in [5.41, 5.74) is 3.81. The van der Waals surface area contributed by atoms with Crippen LogP contribution in [0.3, 0.4) is 0 Å². The molecule has 1 N–H and O–H groups in total. The number of aryl methyl sites for hydroxylation is 2. The minimum atomic E-state index is 0.272. The standard InChI is InChI=1S/C16H21N3O2/c1-11-3-4-13(7-12(11)2)8-15-18-16(21-19-15)9-14-10-20-6-5-17-14/h3-4,7,14,17H,5-6,8-10H2,1-2H3. The largest absolute Gasteiger partial charge is 0.378 e. The van der Waals surface area contributed by atoms with E-state index >= 15 is 0 Å². The maximum Gasteiger partial charge on any atom is 0.228 e. The molecule has 2 aromatic rings. The number of benzene rings is 1. The van der Waals surface area contributed by atoms with Crippen LogP contribution in [0, 0.1) is 13.8 Å². The fourth-order valence-electron chi connectivity index (χ4n) is 2.50. The van der Waals surface area contributed by atoms with E-state index in [1.165, 1.54) is 16.7 Å². The summed E-state index contributed by atoms with van der Waals surface area (Å²) < 4.78 is 10.8. The second-order valence-electron chi connectivity index (χ2n) is 5.63. The molecule has 1 saturated heterocycles.